The van der Waals surface area contributed by atoms with Crippen LogP contribution in [-0.4, -0.2) is 37.0 Å². The van der Waals surface area contributed by atoms with Crippen molar-refractivity contribution in [2.75, 3.05) is 14.2 Å². The summed E-state index contributed by atoms with van der Waals surface area (Å²) < 4.78 is 5.35. The standard InChI is InChI=1S/C14H23N3O/c1-10(17(3)11(2)14(15)16)9-12-7-5-6-8-13(12)18-4/h5-8,10-11H,9H2,1-4H3,(H3,15,16). The van der Waals surface area contributed by atoms with Crippen molar-refractivity contribution in [3.8, 4) is 5.75 Å². The molecule has 1 aromatic carbocycles. The summed E-state index contributed by atoms with van der Waals surface area (Å²) in [6, 6.07) is 8.27. The van der Waals surface area contributed by atoms with E-state index in [0.717, 1.165) is 12.2 Å². The highest BCUT2D eigenvalue weighted by molar-refractivity contribution is 5.82. The minimum Gasteiger partial charge on any atom is -0.496 e. The Hall–Kier alpha value is -1.55. The molecular weight excluding hydrogens is 226 g/mol. The number of ether oxygens (including phenoxy) is 1. The maximum absolute atomic E-state index is 7.49. The Morgan fingerprint density at radius 2 is 2.00 bits per heavy atom. The first kappa shape index (κ1) is 14.5. The molecule has 0 aliphatic carbocycles. The largest absolute Gasteiger partial charge is 0.496 e. The van der Waals surface area contributed by atoms with E-state index in [1.54, 1.807) is 7.11 Å². The van der Waals surface area contributed by atoms with Crippen molar-refractivity contribution in [3.05, 3.63) is 29.8 Å². The molecule has 1 rings (SSSR count). The summed E-state index contributed by atoms with van der Waals surface area (Å²) in [4.78, 5) is 2.11. The Morgan fingerprint density at radius 3 is 2.56 bits per heavy atom. The molecule has 0 fully saturated rings. The first-order valence-corrected chi connectivity index (χ1v) is 6.15. The number of hydrogen-bond acceptors (Lipinski definition) is 3. The fourth-order valence-electron chi connectivity index (χ4n) is 1.93. The van der Waals surface area contributed by atoms with Crippen LogP contribution in [0.2, 0.25) is 0 Å². The molecule has 0 radical (unpaired) electrons. The Labute approximate surface area is 109 Å². The lowest BCUT2D eigenvalue weighted by Crippen LogP contribution is -2.45. The molecule has 1 aromatic rings. The predicted molar refractivity (Wildman–Crippen MR) is 75.3 cm³/mol. The van der Waals surface area contributed by atoms with Crippen LogP contribution < -0.4 is 10.5 Å². The summed E-state index contributed by atoms with van der Waals surface area (Å²) in [6.07, 6.45) is 0.873. The van der Waals surface area contributed by atoms with Crippen molar-refractivity contribution in [3.63, 3.8) is 0 Å². The summed E-state index contributed by atoms with van der Waals surface area (Å²) in [7, 11) is 3.68. The molecule has 2 unspecified atom stereocenters. The molecule has 3 N–H and O–H groups in total. The SMILES string of the molecule is COc1ccccc1CC(C)N(C)C(C)C(=N)N. The van der Waals surface area contributed by atoms with E-state index in [0.29, 0.717) is 6.04 Å². The average Bonchev–Trinajstić information content (AvgIpc) is 2.37. The first-order chi connectivity index (χ1) is 8.47. The van der Waals surface area contributed by atoms with E-state index in [1.165, 1.54) is 5.56 Å². The van der Waals surface area contributed by atoms with Crippen molar-refractivity contribution in [2.24, 2.45) is 5.73 Å². The molecule has 0 aliphatic heterocycles. The van der Waals surface area contributed by atoms with Crippen LogP contribution in [0.15, 0.2) is 24.3 Å². The van der Waals surface area contributed by atoms with Gasteiger partial charge in [-0.25, -0.2) is 0 Å². The molecule has 100 valence electrons. The summed E-state index contributed by atoms with van der Waals surface area (Å²) >= 11 is 0. The number of hydrogen-bond donors (Lipinski definition) is 2. The predicted octanol–water partition coefficient (Wildman–Crippen LogP) is 1.88. The summed E-state index contributed by atoms with van der Waals surface area (Å²) in [5.74, 6) is 1.11. The zero-order valence-corrected chi connectivity index (χ0v) is 11.6. The van der Waals surface area contributed by atoms with Crippen molar-refractivity contribution in [2.45, 2.75) is 32.4 Å². The molecule has 0 bridgehead atoms. The zero-order valence-electron chi connectivity index (χ0n) is 11.6. The molecule has 4 heteroatoms. The van der Waals surface area contributed by atoms with Crippen LogP contribution in [0.3, 0.4) is 0 Å². The average molecular weight is 249 g/mol. The monoisotopic (exact) mass is 249 g/mol. The van der Waals surface area contributed by atoms with E-state index in [-0.39, 0.29) is 11.9 Å². The Morgan fingerprint density at radius 1 is 1.39 bits per heavy atom. The van der Waals surface area contributed by atoms with Crippen LogP contribution in [0.5, 0.6) is 5.75 Å². The number of likely N-dealkylation sites (N-methyl/N-ethyl adjacent to an activating group) is 1. The van der Waals surface area contributed by atoms with Crippen LogP contribution in [0.1, 0.15) is 19.4 Å². The molecular formula is C14H23N3O. The lowest BCUT2D eigenvalue weighted by Gasteiger charge is -2.30. The highest BCUT2D eigenvalue weighted by Crippen LogP contribution is 2.20. The quantitative estimate of drug-likeness (QED) is 0.598. The number of nitrogens with zero attached hydrogens (tertiary/aromatic N) is 1. The van der Waals surface area contributed by atoms with E-state index < -0.39 is 0 Å². The first-order valence-electron chi connectivity index (χ1n) is 6.15. The lowest BCUT2D eigenvalue weighted by molar-refractivity contribution is 0.233. The van der Waals surface area contributed by atoms with Gasteiger partial charge in [0, 0.05) is 6.04 Å². The van der Waals surface area contributed by atoms with Gasteiger partial charge in [-0.05, 0) is 38.9 Å². The lowest BCUT2D eigenvalue weighted by atomic mass is 10.0. The van der Waals surface area contributed by atoms with E-state index in [2.05, 4.69) is 17.9 Å². The number of rotatable bonds is 6. The van der Waals surface area contributed by atoms with E-state index >= 15 is 0 Å². The molecule has 0 heterocycles. The molecule has 0 spiro atoms. The van der Waals surface area contributed by atoms with Crippen molar-refractivity contribution >= 4 is 5.84 Å². The molecule has 0 saturated heterocycles. The van der Waals surface area contributed by atoms with Crippen molar-refractivity contribution in [1.29, 1.82) is 5.41 Å². The molecule has 4 nitrogen and oxygen atoms in total. The second-order valence-electron chi connectivity index (χ2n) is 4.66. The molecule has 0 aliphatic rings. The van der Waals surface area contributed by atoms with Crippen LogP contribution in [0.25, 0.3) is 0 Å². The van der Waals surface area contributed by atoms with Gasteiger partial charge in [-0.1, -0.05) is 18.2 Å². The van der Waals surface area contributed by atoms with Gasteiger partial charge in [0.2, 0.25) is 0 Å². The minimum atomic E-state index is -0.0466. The fourth-order valence-corrected chi connectivity index (χ4v) is 1.93. The van der Waals surface area contributed by atoms with Crippen LogP contribution in [0, 0.1) is 5.41 Å². The Bertz CT molecular complexity index is 406. The topological polar surface area (TPSA) is 62.3 Å². The Kier molecular flexibility index (Phi) is 5.16. The van der Waals surface area contributed by atoms with Gasteiger partial charge in [0.15, 0.2) is 0 Å². The molecule has 2 atom stereocenters. The van der Waals surface area contributed by atoms with Gasteiger partial charge in [0.1, 0.15) is 11.6 Å². The summed E-state index contributed by atoms with van der Waals surface area (Å²) in [5, 5.41) is 7.49. The summed E-state index contributed by atoms with van der Waals surface area (Å²) in [5.41, 5.74) is 6.72. The van der Waals surface area contributed by atoms with Crippen molar-refractivity contribution in [1.82, 2.24) is 4.90 Å². The maximum Gasteiger partial charge on any atom is 0.122 e. The van der Waals surface area contributed by atoms with Gasteiger partial charge in [-0.15, -0.1) is 0 Å². The van der Waals surface area contributed by atoms with E-state index in [9.17, 15) is 0 Å². The number of nitrogens with two attached hydrogens (primary N) is 1. The van der Waals surface area contributed by atoms with Gasteiger partial charge in [0.25, 0.3) is 0 Å². The normalized spacial score (nSPS) is 14.3. The van der Waals surface area contributed by atoms with Gasteiger partial charge in [0.05, 0.1) is 13.2 Å². The van der Waals surface area contributed by atoms with Gasteiger partial charge in [-0.3, -0.25) is 10.3 Å². The van der Waals surface area contributed by atoms with Crippen LogP contribution in [-0.2, 0) is 6.42 Å². The smallest absolute Gasteiger partial charge is 0.122 e. The van der Waals surface area contributed by atoms with Crippen molar-refractivity contribution < 1.29 is 4.74 Å². The van der Waals surface area contributed by atoms with E-state index in [1.807, 2.05) is 32.2 Å². The van der Waals surface area contributed by atoms with Gasteiger partial charge in [-0.2, -0.15) is 0 Å². The third-order valence-corrected chi connectivity index (χ3v) is 3.46. The molecule has 0 amide bonds. The molecule has 0 saturated carbocycles. The number of amidine groups is 1. The third kappa shape index (κ3) is 3.47. The van der Waals surface area contributed by atoms with Gasteiger partial charge < -0.3 is 10.5 Å². The molecule has 18 heavy (non-hydrogen) atoms. The molecule has 0 aromatic heterocycles. The number of para-hydroxylation sites is 1. The van der Waals surface area contributed by atoms with Crippen LogP contribution in [0.4, 0.5) is 0 Å². The second kappa shape index (κ2) is 6.40. The highest BCUT2D eigenvalue weighted by Gasteiger charge is 2.19. The number of methoxy groups -OCH3 is 1. The maximum atomic E-state index is 7.49. The zero-order chi connectivity index (χ0) is 13.7. The second-order valence-corrected chi connectivity index (χ2v) is 4.66. The van der Waals surface area contributed by atoms with Crippen LogP contribution >= 0.6 is 0 Å². The number of nitrogens with one attached hydrogen (secondary N) is 1. The van der Waals surface area contributed by atoms with E-state index in [4.69, 9.17) is 15.9 Å². The third-order valence-electron chi connectivity index (χ3n) is 3.46. The minimum absolute atomic E-state index is 0.0466. The van der Waals surface area contributed by atoms with Gasteiger partial charge >= 0.3 is 0 Å². The highest BCUT2D eigenvalue weighted by atomic mass is 16.5. The Balaban J connectivity index is 2.75. The summed E-state index contributed by atoms with van der Waals surface area (Å²) in [6.45, 7) is 4.08. The fraction of sp³-hybridized carbons (Fsp3) is 0.500. The number of benzene rings is 1.